The highest BCUT2D eigenvalue weighted by atomic mass is 16.5. The van der Waals surface area contributed by atoms with Crippen LogP contribution in [-0.4, -0.2) is 29.8 Å². The van der Waals surface area contributed by atoms with Crippen LogP contribution in [0.25, 0.3) is 0 Å². The Kier molecular flexibility index (Phi) is 6.05. The average Bonchev–Trinajstić information content (AvgIpc) is 2.62. The first-order valence-corrected chi connectivity index (χ1v) is 6.40. The second kappa shape index (κ2) is 7.33. The van der Waals surface area contributed by atoms with Crippen molar-refractivity contribution in [3.63, 3.8) is 0 Å². The number of methoxy groups -OCH3 is 1. The summed E-state index contributed by atoms with van der Waals surface area (Å²) >= 11 is 0. The molecule has 1 rings (SSSR count). The molecule has 4 heteroatoms. The van der Waals surface area contributed by atoms with Crippen LogP contribution >= 0.6 is 0 Å². The van der Waals surface area contributed by atoms with Crippen LogP contribution < -0.4 is 5.32 Å². The van der Waals surface area contributed by atoms with Gasteiger partial charge in [-0.25, -0.2) is 4.98 Å². The Hall–Kier alpha value is -1.03. The molecule has 0 atom stereocenters. The highest BCUT2D eigenvalue weighted by Gasteiger charge is 2.04. The van der Waals surface area contributed by atoms with E-state index < -0.39 is 0 Å². The second-order valence-electron chi connectivity index (χ2n) is 4.85. The van der Waals surface area contributed by atoms with Crippen molar-refractivity contribution in [1.29, 1.82) is 0 Å². The number of nitrogens with zero attached hydrogens (tertiary/aromatic N) is 2. The predicted molar refractivity (Wildman–Crippen MR) is 71.4 cm³/mol. The van der Waals surface area contributed by atoms with Gasteiger partial charge in [0.25, 0.3) is 0 Å². The Morgan fingerprint density at radius 1 is 1.47 bits per heavy atom. The molecule has 98 valence electrons. The molecule has 0 saturated carbocycles. The predicted octanol–water partition coefficient (Wildman–Crippen LogP) is 2.69. The Bertz CT molecular complexity index is 320. The Morgan fingerprint density at radius 3 is 2.88 bits per heavy atom. The van der Waals surface area contributed by atoms with E-state index in [2.05, 4.69) is 34.9 Å². The Morgan fingerprint density at radius 2 is 2.24 bits per heavy atom. The van der Waals surface area contributed by atoms with E-state index >= 15 is 0 Å². The molecule has 0 aliphatic carbocycles. The summed E-state index contributed by atoms with van der Waals surface area (Å²) in [6, 6.07) is 0. The van der Waals surface area contributed by atoms with E-state index in [1.807, 2.05) is 6.92 Å². The number of anilines is 1. The summed E-state index contributed by atoms with van der Waals surface area (Å²) in [5.41, 5.74) is 1.05. The molecule has 0 saturated heterocycles. The smallest absolute Gasteiger partial charge is 0.203 e. The quantitative estimate of drug-likeness (QED) is 0.709. The molecule has 0 aliphatic rings. The minimum absolute atomic E-state index is 0.719. The molecule has 1 aromatic rings. The van der Waals surface area contributed by atoms with Crippen LogP contribution in [0.2, 0.25) is 0 Å². The van der Waals surface area contributed by atoms with Crippen LogP contribution in [0.3, 0.4) is 0 Å². The first kappa shape index (κ1) is 14.0. The van der Waals surface area contributed by atoms with Crippen LogP contribution in [0.15, 0.2) is 6.20 Å². The van der Waals surface area contributed by atoms with Gasteiger partial charge in [-0.2, -0.15) is 0 Å². The van der Waals surface area contributed by atoms with Crippen LogP contribution in [0, 0.1) is 12.8 Å². The number of nitrogens with one attached hydrogen (secondary N) is 1. The zero-order valence-corrected chi connectivity index (χ0v) is 11.5. The number of hydrogen-bond donors (Lipinski definition) is 1. The standard InChI is InChI=1S/C13H25N3O/c1-11(2)6-5-7-14-13-15-12(3)10-16(13)8-9-17-4/h10-11H,5-9H2,1-4H3,(H,14,15). The molecule has 1 heterocycles. The lowest BCUT2D eigenvalue weighted by atomic mass is 10.1. The monoisotopic (exact) mass is 239 g/mol. The minimum Gasteiger partial charge on any atom is -0.383 e. The summed E-state index contributed by atoms with van der Waals surface area (Å²) in [7, 11) is 1.72. The maximum atomic E-state index is 5.09. The Labute approximate surface area is 104 Å². The molecule has 0 amide bonds. The van der Waals surface area contributed by atoms with Crippen molar-refractivity contribution in [2.45, 2.75) is 40.2 Å². The lowest BCUT2D eigenvalue weighted by molar-refractivity contribution is 0.187. The summed E-state index contributed by atoms with van der Waals surface area (Å²) < 4.78 is 7.21. The average molecular weight is 239 g/mol. The van der Waals surface area contributed by atoms with Crippen molar-refractivity contribution in [2.75, 3.05) is 25.6 Å². The lowest BCUT2D eigenvalue weighted by Crippen LogP contribution is -2.11. The van der Waals surface area contributed by atoms with Crippen LogP contribution in [0.1, 0.15) is 32.4 Å². The first-order valence-electron chi connectivity index (χ1n) is 6.40. The van der Waals surface area contributed by atoms with E-state index in [9.17, 15) is 0 Å². The second-order valence-corrected chi connectivity index (χ2v) is 4.85. The van der Waals surface area contributed by atoms with Crippen molar-refractivity contribution in [3.05, 3.63) is 11.9 Å². The van der Waals surface area contributed by atoms with Crippen molar-refractivity contribution < 1.29 is 4.74 Å². The molecule has 0 aromatic carbocycles. The summed E-state index contributed by atoms with van der Waals surface area (Å²) in [5, 5.41) is 3.39. The van der Waals surface area contributed by atoms with Gasteiger partial charge in [0.1, 0.15) is 0 Å². The largest absolute Gasteiger partial charge is 0.383 e. The summed E-state index contributed by atoms with van der Waals surface area (Å²) in [5.74, 6) is 1.73. The van der Waals surface area contributed by atoms with Gasteiger partial charge < -0.3 is 14.6 Å². The molecule has 0 radical (unpaired) electrons. The minimum atomic E-state index is 0.719. The van der Waals surface area contributed by atoms with Gasteiger partial charge in [-0.1, -0.05) is 13.8 Å². The molecule has 0 fully saturated rings. The van der Waals surface area contributed by atoms with Gasteiger partial charge in [-0.05, 0) is 25.7 Å². The van der Waals surface area contributed by atoms with E-state index in [-0.39, 0.29) is 0 Å². The zero-order chi connectivity index (χ0) is 12.7. The summed E-state index contributed by atoms with van der Waals surface area (Å²) in [6.07, 6.45) is 4.50. The number of imidazole rings is 1. The van der Waals surface area contributed by atoms with E-state index in [0.29, 0.717) is 0 Å². The molecular formula is C13H25N3O. The molecule has 0 unspecified atom stereocenters. The summed E-state index contributed by atoms with van der Waals surface area (Å²) in [6.45, 7) is 9.08. The number of ether oxygens (including phenoxy) is 1. The highest BCUT2D eigenvalue weighted by molar-refractivity contribution is 5.28. The summed E-state index contributed by atoms with van der Waals surface area (Å²) in [4.78, 5) is 4.48. The fraction of sp³-hybridized carbons (Fsp3) is 0.769. The zero-order valence-electron chi connectivity index (χ0n) is 11.5. The molecule has 17 heavy (non-hydrogen) atoms. The van der Waals surface area contributed by atoms with Gasteiger partial charge in [0.15, 0.2) is 0 Å². The third kappa shape index (κ3) is 5.22. The van der Waals surface area contributed by atoms with Crippen molar-refractivity contribution in [3.8, 4) is 0 Å². The number of aromatic nitrogens is 2. The SMILES string of the molecule is COCCn1cc(C)nc1NCCCC(C)C. The third-order valence-electron chi connectivity index (χ3n) is 2.67. The maximum Gasteiger partial charge on any atom is 0.203 e. The normalized spacial score (nSPS) is 11.1. The Balaban J connectivity index is 2.40. The van der Waals surface area contributed by atoms with Crippen molar-refractivity contribution >= 4 is 5.95 Å². The fourth-order valence-corrected chi connectivity index (χ4v) is 1.76. The van der Waals surface area contributed by atoms with Gasteiger partial charge in [0.2, 0.25) is 5.95 Å². The molecule has 0 aliphatic heterocycles. The van der Waals surface area contributed by atoms with Crippen molar-refractivity contribution in [1.82, 2.24) is 9.55 Å². The number of aryl methyl sites for hydroxylation is 1. The first-order chi connectivity index (χ1) is 8.13. The van der Waals surface area contributed by atoms with E-state index in [4.69, 9.17) is 4.74 Å². The van der Waals surface area contributed by atoms with Crippen LogP contribution in [0.5, 0.6) is 0 Å². The van der Waals surface area contributed by atoms with Gasteiger partial charge in [0.05, 0.1) is 12.3 Å². The lowest BCUT2D eigenvalue weighted by Gasteiger charge is -2.10. The molecule has 1 aromatic heterocycles. The molecule has 4 nitrogen and oxygen atoms in total. The fourth-order valence-electron chi connectivity index (χ4n) is 1.76. The van der Waals surface area contributed by atoms with E-state index in [1.54, 1.807) is 7.11 Å². The van der Waals surface area contributed by atoms with Crippen molar-refractivity contribution in [2.24, 2.45) is 5.92 Å². The topological polar surface area (TPSA) is 39.1 Å². The third-order valence-corrected chi connectivity index (χ3v) is 2.67. The van der Waals surface area contributed by atoms with E-state index in [0.717, 1.165) is 37.3 Å². The number of hydrogen-bond acceptors (Lipinski definition) is 3. The van der Waals surface area contributed by atoms with Gasteiger partial charge in [0, 0.05) is 26.4 Å². The molecule has 0 bridgehead atoms. The van der Waals surface area contributed by atoms with Crippen LogP contribution in [0.4, 0.5) is 5.95 Å². The number of rotatable bonds is 8. The van der Waals surface area contributed by atoms with Gasteiger partial charge in [-0.3, -0.25) is 0 Å². The maximum absolute atomic E-state index is 5.09. The van der Waals surface area contributed by atoms with Crippen LogP contribution in [-0.2, 0) is 11.3 Å². The van der Waals surface area contributed by atoms with Gasteiger partial charge in [-0.15, -0.1) is 0 Å². The molecular weight excluding hydrogens is 214 g/mol. The molecule has 1 N–H and O–H groups in total. The van der Waals surface area contributed by atoms with Gasteiger partial charge >= 0.3 is 0 Å². The highest BCUT2D eigenvalue weighted by Crippen LogP contribution is 2.09. The van der Waals surface area contributed by atoms with E-state index in [1.165, 1.54) is 12.8 Å². The molecule has 0 spiro atoms.